The van der Waals surface area contributed by atoms with Gasteiger partial charge < -0.3 is 10.6 Å². The Labute approximate surface area is 116 Å². The second kappa shape index (κ2) is 6.22. The summed E-state index contributed by atoms with van der Waals surface area (Å²) in [7, 11) is 0. The van der Waals surface area contributed by atoms with E-state index in [9.17, 15) is 0 Å². The zero-order valence-corrected chi connectivity index (χ0v) is 12.5. The van der Waals surface area contributed by atoms with Crippen molar-refractivity contribution < 1.29 is 0 Å². The lowest BCUT2D eigenvalue weighted by Crippen LogP contribution is -2.22. The van der Waals surface area contributed by atoms with Crippen LogP contribution in [0.5, 0.6) is 0 Å². The zero-order chi connectivity index (χ0) is 13.8. The molecule has 0 amide bonds. The van der Waals surface area contributed by atoms with Gasteiger partial charge in [0.2, 0.25) is 0 Å². The van der Waals surface area contributed by atoms with E-state index in [-0.39, 0.29) is 0 Å². The molecular formula is C15H26N4. The van der Waals surface area contributed by atoms with Gasteiger partial charge in [0, 0.05) is 24.6 Å². The lowest BCUT2D eigenvalue weighted by Gasteiger charge is -2.19. The van der Waals surface area contributed by atoms with Crippen LogP contribution in [-0.2, 0) is 0 Å². The quantitative estimate of drug-likeness (QED) is 0.788. The first-order chi connectivity index (χ1) is 9.10. The third kappa shape index (κ3) is 4.08. The maximum Gasteiger partial charge on any atom is 0.136 e. The molecular weight excluding hydrogens is 236 g/mol. The number of nitrogens with zero attached hydrogens (tertiary/aromatic N) is 2. The summed E-state index contributed by atoms with van der Waals surface area (Å²) in [5.41, 5.74) is 0. The minimum absolute atomic E-state index is 0.418. The molecule has 1 heterocycles. The van der Waals surface area contributed by atoms with Crippen LogP contribution in [0.25, 0.3) is 0 Å². The predicted molar refractivity (Wildman–Crippen MR) is 80.7 cm³/mol. The van der Waals surface area contributed by atoms with Gasteiger partial charge >= 0.3 is 0 Å². The van der Waals surface area contributed by atoms with Crippen molar-refractivity contribution in [3.05, 3.63) is 11.9 Å². The van der Waals surface area contributed by atoms with E-state index >= 15 is 0 Å². The Morgan fingerprint density at radius 2 is 1.89 bits per heavy atom. The predicted octanol–water partition coefficient (Wildman–Crippen LogP) is 3.63. The van der Waals surface area contributed by atoms with Crippen LogP contribution in [-0.4, -0.2) is 22.6 Å². The lowest BCUT2D eigenvalue weighted by molar-refractivity contribution is 0.558. The van der Waals surface area contributed by atoms with Crippen LogP contribution in [0.3, 0.4) is 0 Å². The molecule has 19 heavy (non-hydrogen) atoms. The molecule has 1 saturated carbocycles. The normalized spacial score (nSPS) is 16.5. The average molecular weight is 262 g/mol. The van der Waals surface area contributed by atoms with Crippen molar-refractivity contribution in [2.45, 2.75) is 58.9 Å². The molecule has 1 unspecified atom stereocenters. The molecule has 1 aromatic rings. The first-order valence-electron chi connectivity index (χ1n) is 7.49. The van der Waals surface area contributed by atoms with E-state index in [2.05, 4.69) is 48.3 Å². The van der Waals surface area contributed by atoms with Gasteiger partial charge in [-0.25, -0.2) is 9.97 Å². The number of hydrogen-bond donors (Lipinski definition) is 2. The van der Waals surface area contributed by atoms with E-state index in [1.807, 2.05) is 6.07 Å². The van der Waals surface area contributed by atoms with Crippen molar-refractivity contribution >= 4 is 11.6 Å². The smallest absolute Gasteiger partial charge is 0.136 e. The van der Waals surface area contributed by atoms with Crippen LogP contribution in [0.15, 0.2) is 6.07 Å². The minimum Gasteiger partial charge on any atom is -0.370 e. The molecule has 4 heteroatoms. The van der Waals surface area contributed by atoms with Gasteiger partial charge in [-0.15, -0.1) is 0 Å². The second-order valence-electron chi connectivity index (χ2n) is 5.87. The Morgan fingerprint density at radius 3 is 2.47 bits per heavy atom. The number of hydrogen-bond acceptors (Lipinski definition) is 4. The van der Waals surface area contributed by atoms with E-state index in [0.717, 1.165) is 30.4 Å². The van der Waals surface area contributed by atoms with Crippen molar-refractivity contribution in [3.63, 3.8) is 0 Å². The Morgan fingerprint density at radius 1 is 1.21 bits per heavy atom. The van der Waals surface area contributed by atoms with Gasteiger partial charge in [0.25, 0.3) is 0 Å². The molecule has 2 rings (SSSR count). The van der Waals surface area contributed by atoms with Gasteiger partial charge in [-0.2, -0.15) is 0 Å². The highest BCUT2D eigenvalue weighted by Crippen LogP contribution is 2.38. The van der Waals surface area contributed by atoms with Gasteiger partial charge in [-0.3, -0.25) is 0 Å². The van der Waals surface area contributed by atoms with E-state index in [4.69, 9.17) is 0 Å². The molecule has 1 atom stereocenters. The highest BCUT2D eigenvalue weighted by Gasteiger charge is 2.27. The van der Waals surface area contributed by atoms with Crippen molar-refractivity contribution in [1.29, 1.82) is 0 Å². The first-order valence-corrected chi connectivity index (χ1v) is 7.49. The Hall–Kier alpha value is -1.32. The fourth-order valence-corrected chi connectivity index (χ4v) is 1.81. The first kappa shape index (κ1) is 14.1. The molecule has 0 bridgehead atoms. The van der Waals surface area contributed by atoms with Crippen LogP contribution < -0.4 is 10.6 Å². The minimum atomic E-state index is 0.418. The third-order valence-electron chi connectivity index (χ3n) is 3.62. The second-order valence-corrected chi connectivity index (χ2v) is 5.87. The molecule has 1 aromatic heterocycles. The zero-order valence-electron chi connectivity index (χ0n) is 12.5. The lowest BCUT2D eigenvalue weighted by atomic mass is 10.1. The van der Waals surface area contributed by atoms with E-state index in [0.29, 0.717) is 17.9 Å². The highest BCUT2D eigenvalue weighted by molar-refractivity contribution is 5.48. The summed E-state index contributed by atoms with van der Waals surface area (Å²) in [6.07, 6.45) is 3.57. The van der Waals surface area contributed by atoms with Gasteiger partial charge in [-0.1, -0.05) is 20.8 Å². The number of aromatic nitrogens is 2. The molecule has 1 fully saturated rings. The molecule has 4 nitrogen and oxygen atoms in total. The molecule has 0 aromatic carbocycles. The summed E-state index contributed by atoms with van der Waals surface area (Å²) in [6, 6.07) is 2.45. The van der Waals surface area contributed by atoms with Gasteiger partial charge in [0.15, 0.2) is 0 Å². The van der Waals surface area contributed by atoms with Crippen molar-refractivity contribution in [2.75, 3.05) is 17.2 Å². The number of anilines is 2. The van der Waals surface area contributed by atoms with Crippen molar-refractivity contribution in [1.82, 2.24) is 9.97 Å². The molecule has 2 N–H and O–H groups in total. The van der Waals surface area contributed by atoms with E-state index in [1.54, 1.807) is 0 Å². The maximum absolute atomic E-state index is 4.66. The molecule has 0 spiro atoms. The number of nitrogens with one attached hydrogen (secondary N) is 2. The largest absolute Gasteiger partial charge is 0.370 e. The fourth-order valence-electron chi connectivity index (χ4n) is 1.81. The monoisotopic (exact) mass is 262 g/mol. The third-order valence-corrected chi connectivity index (χ3v) is 3.62. The molecule has 106 valence electrons. The summed E-state index contributed by atoms with van der Waals surface area (Å²) >= 11 is 0. The van der Waals surface area contributed by atoms with Crippen molar-refractivity contribution in [3.8, 4) is 0 Å². The van der Waals surface area contributed by atoms with Gasteiger partial charge in [0.1, 0.15) is 17.5 Å². The Balaban J connectivity index is 2.13. The fraction of sp³-hybridized carbons (Fsp3) is 0.733. The van der Waals surface area contributed by atoms with Gasteiger partial charge in [-0.05, 0) is 32.1 Å². The van der Waals surface area contributed by atoms with Crippen LogP contribution >= 0.6 is 0 Å². The summed E-state index contributed by atoms with van der Waals surface area (Å²) in [5, 5.41) is 6.86. The molecule has 1 aliphatic rings. The highest BCUT2D eigenvalue weighted by atomic mass is 15.1. The molecule has 0 aliphatic heterocycles. The van der Waals surface area contributed by atoms with Crippen molar-refractivity contribution in [2.24, 2.45) is 5.92 Å². The van der Waals surface area contributed by atoms with E-state index < -0.39 is 0 Å². The summed E-state index contributed by atoms with van der Waals surface area (Å²) < 4.78 is 0. The van der Waals surface area contributed by atoms with E-state index in [1.165, 1.54) is 12.8 Å². The molecule has 0 radical (unpaired) electrons. The number of rotatable bonds is 7. The summed E-state index contributed by atoms with van der Waals surface area (Å²) in [4.78, 5) is 9.29. The van der Waals surface area contributed by atoms with Gasteiger partial charge in [0.05, 0.1) is 0 Å². The van der Waals surface area contributed by atoms with Crippen LogP contribution in [0.1, 0.15) is 58.7 Å². The van der Waals surface area contributed by atoms with Crippen LogP contribution in [0.4, 0.5) is 11.6 Å². The topological polar surface area (TPSA) is 49.8 Å². The SMILES string of the molecule is CCCNc1cc(NC(C)C(C)C)nc(C2CC2)n1. The Bertz CT molecular complexity index is 413. The average Bonchev–Trinajstić information content (AvgIpc) is 3.20. The molecule has 0 saturated heterocycles. The Kier molecular flexibility index (Phi) is 4.61. The molecule has 1 aliphatic carbocycles. The summed E-state index contributed by atoms with van der Waals surface area (Å²) in [5.74, 6) is 4.08. The van der Waals surface area contributed by atoms with Crippen LogP contribution in [0.2, 0.25) is 0 Å². The summed E-state index contributed by atoms with van der Waals surface area (Å²) in [6.45, 7) is 9.76. The maximum atomic E-state index is 4.66. The van der Waals surface area contributed by atoms with Crippen LogP contribution in [0, 0.1) is 5.92 Å². The standard InChI is InChI=1S/C15H26N4/c1-5-8-16-13-9-14(17-11(4)10(2)3)19-15(18-13)12-6-7-12/h9-12H,5-8H2,1-4H3,(H2,16,17,18,19).